The third kappa shape index (κ3) is 49.9. The van der Waals surface area contributed by atoms with E-state index < -0.39 is 6.10 Å². The quantitative estimate of drug-likeness (QED) is 0.0199. The molecule has 0 amide bonds. The summed E-state index contributed by atoms with van der Waals surface area (Å²) >= 11 is 0. The maximum Gasteiger partial charge on any atom is 0.306 e. The number of hydrogen-bond donors (Lipinski definition) is 0. The van der Waals surface area contributed by atoms with Gasteiger partial charge in [0.25, 0.3) is 0 Å². The molecule has 0 saturated heterocycles. The summed E-state index contributed by atoms with van der Waals surface area (Å²) in [5, 5.41) is 0. The van der Waals surface area contributed by atoms with Crippen LogP contribution in [0.5, 0.6) is 0 Å². The van der Waals surface area contributed by atoms with Crippen LogP contribution in [0.4, 0.5) is 0 Å². The fraction of sp³-hybridized carbons (Fsp3) is 0.741. The first-order valence-electron chi connectivity index (χ1n) is 27.0. The zero-order valence-electron chi connectivity index (χ0n) is 42.0. The molecule has 0 aromatic heterocycles. The van der Waals surface area contributed by atoms with E-state index in [2.05, 4.69) is 69.4 Å². The van der Waals surface area contributed by atoms with Gasteiger partial charge in [-0.05, 0) is 57.8 Å². The third-order valence-electron chi connectivity index (χ3n) is 11.5. The number of rotatable bonds is 48. The lowest BCUT2D eigenvalue weighted by molar-refractivity contribution is -0.167. The molecule has 6 nitrogen and oxygen atoms in total. The average Bonchev–Trinajstić information content (AvgIpc) is 3.29. The van der Waals surface area contributed by atoms with Gasteiger partial charge >= 0.3 is 17.9 Å². The van der Waals surface area contributed by atoms with Gasteiger partial charge in [-0.3, -0.25) is 14.4 Å². The number of ether oxygens (including phenoxy) is 3. The Hall–Kier alpha value is -3.15. The van der Waals surface area contributed by atoms with Crippen LogP contribution in [0.3, 0.4) is 0 Å². The average molecular weight is 893 g/mol. The molecule has 0 fully saturated rings. The first kappa shape index (κ1) is 60.9. The van der Waals surface area contributed by atoms with E-state index in [1.807, 2.05) is 24.3 Å². The second kappa shape index (κ2) is 52.5. The lowest BCUT2D eigenvalue weighted by Crippen LogP contribution is -2.30. The summed E-state index contributed by atoms with van der Waals surface area (Å²) in [6.07, 6.45) is 65.9. The van der Waals surface area contributed by atoms with Gasteiger partial charge in [0, 0.05) is 19.3 Å². The van der Waals surface area contributed by atoms with Gasteiger partial charge in [-0.15, -0.1) is 0 Å². The molecule has 0 spiro atoms. The standard InChI is InChI=1S/C58H100O6/c1-4-7-10-13-16-19-22-24-26-28-30-31-33-36-39-42-45-48-51-57(60)63-54-55(53-62-56(59)50-47-44-41-38-35-21-18-15-12-9-6-3)64-58(61)52-49-46-43-40-37-34-32-29-27-25-23-20-17-14-11-8-5-2/h10,13,15-16,18-19,22,24,26,28,30-31,55H,4-9,11-12,14,17,20-21,23,25,27,29,32-54H2,1-3H3/b13-10-,18-15-,19-16-,24-22-,28-26-,31-30-. The van der Waals surface area contributed by atoms with Gasteiger partial charge in [0.2, 0.25) is 0 Å². The van der Waals surface area contributed by atoms with Crippen molar-refractivity contribution in [3.8, 4) is 0 Å². The summed E-state index contributed by atoms with van der Waals surface area (Å²) in [6.45, 7) is 6.50. The van der Waals surface area contributed by atoms with Gasteiger partial charge in [-0.2, -0.15) is 0 Å². The van der Waals surface area contributed by atoms with E-state index in [-0.39, 0.29) is 31.1 Å². The molecule has 0 saturated carbocycles. The number of esters is 3. The van der Waals surface area contributed by atoms with Crippen LogP contribution in [0.1, 0.15) is 258 Å². The third-order valence-corrected chi connectivity index (χ3v) is 11.5. The predicted octanol–water partition coefficient (Wildman–Crippen LogP) is 17.8. The fourth-order valence-corrected chi connectivity index (χ4v) is 7.45. The molecular weight excluding hydrogens is 793 g/mol. The van der Waals surface area contributed by atoms with E-state index in [1.165, 1.54) is 128 Å². The van der Waals surface area contributed by atoms with Crippen LogP contribution in [-0.4, -0.2) is 37.2 Å². The highest BCUT2D eigenvalue weighted by atomic mass is 16.6. The van der Waals surface area contributed by atoms with Crippen LogP contribution < -0.4 is 0 Å². The van der Waals surface area contributed by atoms with E-state index in [9.17, 15) is 14.4 Å². The zero-order chi connectivity index (χ0) is 46.5. The number of hydrogen-bond acceptors (Lipinski definition) is 6. The molecule has 6 heteroatoms. The van der Waals surface area contributed by atoms with Gasteiger partial charge in [-0.25, -0.2) is 0 Å². The van der Waals surface area contributed by atoms with E-state index in [4.69, 9.17) is 14.2 Å². The molecule has 1 atom stereocenters. The number of carbonyl (C=O) groups is 3. The highest BCUT2D eigenvalue weighted by Gasteiger charge is 2.19. The van der Waals surface area contributed by atoms with E-state index in [0.717, 1.165) is 89.9 Å². The number of allylic oxidation sites excluding steroid dienone is 12. The smallest absolute Gasteiger partial charge is 0.306 e. The fourth-order valence-electron chi connectivity index (χ4n) is 7.45. The van der Waals surface area contributed by atoms with Crippen LogP contribution in [0.25, 0.3) is 0 Å². The largest absolute Gasteiger partial charge is 0.462 e. The summed E-state index contributed by atoms with van der Waals surface area (Å²) < 4.78 is 16.8. The molecule has 0 aromatic rings. The SMILES string of the molecule is CCC\C=C/C=C\C=C/C=C\C=C/CCCCCCCC(=O)OCC(COC(=O)CCCCCCC/C=C\CCCC)OC(=O)CCCCCCCCCCCCCCCCCCC. The van der Waals surface area contributed by atoms with Gasteiger partial charge in [0.1, 0.15) is 13.2 Å². The second-order valence-corrected chi connectivity index (χ2v) is 17.9. The maximum absolute atomic E-state index is 12.8. The van der Waals surface area contributed by atoms with Crippen molar-refractivity contribution in [1.82, 2.24) is 0 Å². The molecule has 0 rings (SSSR count). The maximum atomic E-state index is 12.8. The van der Waals surface area contributed by atoms with E-state index in [1.54, 1.807) is 0 Å². The monoisotopic (exact) mass is 893 g/mol. The molecule has 0 aromatic carbocycles. The Morgan fingerprint density at radius 2 is 0.625 bits per heavy atom. The van der Waals surface area contributed by atoms with Crippen LogP contribution in [0, 0.1) is 0 Å². The van der Waals surface area contributed by atoms with Crippen LogP contribution in [0.2, 0.25) is 0 Å². The Bertz CT molecular complexity index is 1210. The Labute approximate surface area is 395 Å². The van der Waals surface area contributed by atoms with Crippen LogP contribution in [0.15, 0.2) is 72.9 Å². The van der Waals surface area contributed by atoms with Crippen molar-refractivity contribution in [3.63, 3.8) is 0 Å². The van der Waals surface area contributed by atoms with E-state index >= 15 is 0 Å². The molecular formula is C58H100O6. The Morgan fingerprint density at radius 1 is 0.312 bits per heavy atom. The Balaban J connectivity index is 4.40. The van der Waals surface area contributed by atoms with E-state index in [0.29, 0.717) is 19.3 Å². The van der Waals surface area contributed by atoms with Gasteiger partial charge in [0.05, 0.1) is 0 Å². The van der Waals surface area contributed by atoms with Crippen molar-refractivity contribution < 1.29 is 28.6 Å². The Kier molecular flexibility index (Phi) is 49.9. The lowest BCUT2D eigenvalue weighted by Gasteiger charge is -2.18. The minimum absolute atomic E-state index is 0.0867. The lowest BCUT2D eigenvalue weighted by atomic mass is 10.0. The molecule has 0 aliphatic heterocycles. The molecule has 0 N–H and O–H groups in total. The summed E-state index contributed by atoms with van der Waals surface area (Å²) in [5.74, 6) is -0.915. The minimum atomic E-state index is -0.787. The number of unbranched alkanes of at least 4 members (excludes halogenated alkanes) is 29. The molecule has 0 heterocycles. The molecule has 0 radical (unpaired) electrons. The van der Waals surface area contributed by atoms with Crippen LogP contribution >= 0.6 is 0 Å². The molecule has 0 bridgehead atoms. The summed E-state index contributed by atoms with van der Waals surface area (Å²) in [5.41, 5.74) is 0. The van der Waals surface area contributed by atoms with Crippen molar-refractivity contribution in [1.29, 1.82) is 0 Å². The van der Waals surface area contributed by atoms with Crippen molar-refractivity contribution >= 4 is 17.9 Å². The predicted molar refractivity (Wildman–Crippen MR) is 274 cm³/mol. The normalized spacial score (nSPS) is 12.6. The highest BCUT2D eigenvalue weighted by molar-refractivity contribution is 5.71. The van der Waals surface area contributed by atoms with Gasteiger partial charge in [0.15, 0.2) is 6.10 Å². The van der Waals surface area contributed by atoms with Crippen molar-refractivity contribution in [2.75, 3.05) is 13.2 Å². The molecule has 0 aliphatic rings. The zero-order valence-corrected chi connectivity index (χ0v) is 42.0. The molecule has 1 unspecified atom stereocenters. The van der Waals surface area contributed by atoms with Gasteiger partial charge < -0.3 is 14.2 Å². The first-order valence-corrected chi connectivity index (χ1v) is 27.0. The van der Waals surface area contributed by atoms with Crippen LogP contribution in [-0.2, 0) is 28.6 Å². The molecule has 0 aliphatic carbocycles. The van der Waals surface area contributed by atoms with Crippen molar-refractivity contribution in [3.05, 3.63) is 72.9 Å². The number of carbonyl (C=O) groups excluding carboxylic acids is 3. The molecule has 64 heavy (non-hydrogen) atoms. The first-order chi connectivity index (χ1) is 31.5. The van der Waals surface area contributed by atoms with Gasteiger partial charge in [-0.1, -0.05) is 254 Å². The minimum Gasteiger partial charge on any atom is -0.462 e. The molecule has 368 valence electrons. The summed E-state index contributed by atoms with van der Waals surface area (Å²) in [7, 11) is 0. The summed E-state index contributed by atoms with van der Waals surface area (Å²) in [4.78, 5) is 38.0. The summed E-state index contributed by atoms with van der Waals surface area (Å²) in [6, 6.07) is 0. The second-order valence-electron chi connectivity index (χ2n) is 17.9. The highest BCUT2D eigenvalue weighted by Crippen LogP contribution is 2.16. The topological polar surface area (TPSA) is 78.9 Å². The Morgan fingerprint density at radius 3 is 1.03 bits per heavy atom. The van der Waals surface area contributed by atoms with Crippen molar-refractivity contribution in [2.24, 2.45) is 0 Å². The van der Waals surface area contributed by atoms with Crippen molar-refractivity contribution in [2.45, 2.75) is 264 Å².